The number of thiocarbonyl (C=S) groups is 1. The quantitative estimate of drug-likeness (QED) is 0.287. The minimum atomic E-state index is -0.0525. The number of nitrogens with one attached hydrogen (secondary N) is 1. The van der Waals surface area contributed by atoms with Crippen LogP contribution in [0.1, 0.15) is 45.9 Å². The summed E-state index contributed by atoms with van der Waals surface area (Å²) in [7, 11) is 0. The Kier molecular flexibility index (Phi) is 6.28. The summed E-state index contributed by atoms with van der Waals surface area (Å²) in [6.45, 7) is 7.35. The van der Waals surface area contributed by atoms with Crippen LogP contribution in [0, 0.1) is 20.8 Å². The zero-order chi connectivity index (χ0) is 23.8. The molecule has 0 saturated carbocycles. The summed E-state index contributed by atoms with van der Waals surface area (Å²) in [5, 5.41) is 4.30. The molecule has 1 fully saturated rings. The number of pyridine rings is 1. The lowest BCUT2D eigenvalue weighted by Crippen LogP contribution is -2.29. The maximum atomic E-state index is 5.91. The molecule has 2 aromatic heterocycles. The molecule has 1 aliphatic heterocycles. The molecule has 1 N–H and O–H groups in total. The van der Waals surface area contributed by atoms with Crippen LogP contribution in [0.15, 0.2) is 83.5 Å². The predicted molar refractivity (Wildman–Crippen MR) is 146 cm³/mol. The third-order valence-corrected chi connectivity index (χ3v) is 7.84. The van der Waals surface area contributed by atoms with Crippen LogP contribution in [0.3, 0.4) is 0 Å². The number of benzene rings is 2. The summed E-state index contributed by atoms with van der Waals surface area (Å²) in [5.41, 5.74) is 8.27. The average Bonchev–Trinajstić information content (AvgIpc) is 3.33. The van der Waals surface area contributed by atoms with Crippen molar-refractivity contribution in [3.63, 3.8) is 0 Å². The fourth-order valence-corrected chi connectivity index (χ4v) is 5.46. The van der Waals surface area contributed by atoms with Crippen molar-refractivity contribution in [2.75, 3.05) is 4.90 Å². The normalized spacial score (nSPS) is 17.8. The Morgan fingerprint density at radius 1 is 0.971 bits per heavy atom. The van der Waals surface area contributed by atoms with Crippen LogP contribution < -0.4 is 10.2 Å². The molecule has 5 rings (SSSR count). The summed E-state index contributed by atoms with van der Waals surface area (Å²) < 4.78 is 3.49. The van der Waals surface area contributed by atoms with Gasteiger partial charge in [-0.3, -0.25) is 4.98 Å². The third-order valence-electron chi connectivity index (χ3n) is 6.63. The Balaban J connectivity index is 1.63. The highest BCUT2D eigenvalue weighted by atomic mass is 79.9. The maximum Gasteiger partial charge on any atom is 0.174 e. The largest absolute Gasteiger partial charge is 0.351 e. The second-order valence-corrected chi connectivity index (χ2v) is 10.1. The Hall–Kier alpha value is -2.96. The smallest absolute Gasteiger partial charge is 0.174 e. The third kappa shape index (κ3) is 4.17. The van der Waals surface area contributed by atoms with Crippen molar-refractivity contribution >= 4 is 38.9 Å². The van der Waals surface area contributed by atoms with Gasteiger partial charge in [0.15, 0.2) is 5.11 Å². The highest BCUT2D eigenvalue weighted by Crippen LogP contribution is 2.43. The van der Waals surface area contributed by atoms with Gasteiger partial charge >= 0.3 is 0 Å². The maximum absolute atomic E-state index is 5.91. The van der Waals surface area contributed by atoms with Gasteiger partial charge in [0, 0.05) is 34.3 Å². The molecule has 0 aliphatic carbocycles. The Bertz CT molecular complexity index is 1330. The van der Waals surface area contributed by atoms with Crippen molar-refractivity contribution in [1.82, 2.24) is 14.9 Å². The van der Waals surface area contributed by atoms with Gasteiger partial charge in [-0.15, -0.1) is 0 Å². The number of rotatable bonds is 5. The average molecular weight is 532 g/mol. The minimum Gasteiger partial charge on any atom is -0.351 e. The van der Waals surface area contributed by atoms with Gasteiger partial charge < -0.3 is 14.8 Å². The van der Waals surface area contributed by atoms with E-state index in [1.807, 2.05) is 18.3 Å². The lowest BCUT2D eigenvalue weighted by Gasteiger charge is -2.28. The van der Waals surface area contributed by atoms with Gasteiger partial charge in [-0.1, -0.05) is 52.3 Å². The first-order valence-electron chi connectivity index (χ1n) is 11.4. The molecule has 3 heterocycles. The van der Waals surface area contributed by atoms with Gasteiger partial charge in [0.2, 0.25) is 0 Å². The highest BCUT2D eigenvalue weighted by molar-refractivity contribution is 9.10. The molecule has 2 aromatic carbocycles. The van der Waals surface area contributed by atoms with Gasteiger partial charge in [0.05, 0.1) is 17.8 Å². The molecule has 1 aliphatic rings. The summed E-state index contributed by atoms with van der Waals surface area (Å²) >= 11 is 9.55. The number of halogens is 1. The van der Waals surface area contributed by atoms with Crippen molar-refractivity contribution in [2.24, 2.45) is 0 Å². The lowest BCUT2D eigenvalue weighted by molar-refractivity contribution is 0.563. The number of aryl methyl sites for hydroxylation is 2. The minimum absolute atomic E-state index is 0.0151. The molecule has 0 radical (unpaired) electrons. The molecule has 0 amide bonds. The van der Waals surface area contributed by atoms with Gasteiger partial charge in [0.25, 0.3) is 0 Å². The monoisotopic (exact) mass is 530 g/mol. The van der Waals surface area contributed by atoms with E-state index in [1.165, 1.54) is 28.1 Å². The van der Waals surface area contributed by atoms with Gasteiger partial charge in [-0.05, 0) is 86.1 Å². The lowest BCUT2D eigenvalue weighted by atomic mass is 9.96. The van der Waals surface area contributed by atoms with Crippen molar-refractivity contribution in [3.8, 4) is 0 Å². The first-order chi connectivity index (χ1) is 16.4. The SMILES string of the molecule is Cc1cc(N2C(=S)N[C@H](c3ccccn3)[C@@H]2c2cc(C)n(Cc3ccccc3)c2C)ccc1Br. The fraction of sp³-hybridized carbons (Fsp3) is 0.214. The Labute approximate surface area is 214 Å². The molecule has 34 heavy (non-hydrogen) atoms. The molecule has 0 bridgehead atoms. The number of anilines is 1. The number of hydrogen-bond donors (Lipinski definition) is 1. The summed E-state index contributed by atoms with van der Waals surface area (Å²) in [4.78, 5) is 6.95. The molecule has 4 nitrogen and oxygen atoms in total. The Morgan fingerprint density at radius 3 is 2.44 bits per heavy atom. The molecule has 6 heteroatoms. The molecule has 2 atom stereocenters. The molecule has 0 unspecified atom stereocenters. The van der Waals surface area contributed by atoms with Gasteiger partial charge in [0.1, 0.15) is 0 Å². The van der Waals surface area contributed by atoms with Gasteiger partial charge in [-0.2, -0.15) is 0 Å². The van der Waals surface area contributed by atoms with Crippen molar-refractivity contribution in [2.45, 2.75) is 39.4 Å². The summed E-state index contributed by atoms with van der Waals surface area (Å²) in [5.74, 6) is 0. The molecular formula is C28H27BrN4S. The van der Waals surface area contributed by atoms with E-state index in [-0.39, 0.29) is 12.1 Å². The Morgan fingerprint density at radius 2 is 1.74 bits per heavy atom. The van der Waals surface area contributed by atoms with E-state index in [4.69, 9.17) is 17.2 Å². The zero-order valence-electron chi connectivity index (χ0n) is 19.5. The van der Waals surface area contributed by atoms with E-state index in [1.54, 1.807) is 0 Å². The van der Waals surface area contributed by atoms with Crippen LogP contribution >= 0.6 is 28.1 Å². The molecule has 172 valence electrons. The topological polar surface area (TPSA) is 33.1 Å². The van der Waals surface area contributed by atoms with Crippen LogP contribution in [-0.4, -0.2) is 14.7 Å². The van der Waals surface area contributed by atoms with Crippen LogP contribution in [0.5, 0.6) is 0 Å². The van der Waals surface area contributed by atoms with Crippen molar-refractivity contribution < 1.29 is 0 Å². The first kappa shape index (κ1) is 22.8. The van der Waals surface area contributed by atoms with Crippen LogP contribution in [0.2, 0.25) is 0 Å². The number of nitrogens with zero attached hydrogens (tertiary/aromatic N) is 3. The van der Waals surface area contributed by atoms with E-state index < -0.39 is 0 Å². The standard InChI is InChI=1S/C28H27BrN4S/c1-18-15-22(12-13-24(18)29)33-27(26(31-28(33)34)25-11-7-8-14-30-25)23-16-19(2)32(20(23)3)17-21-9-5-4-6-10-21/h4-16,26-27H,17H2,1-3H3,(H,31,34)/t26-,27+/m1/s1. The predicted octanol–water partition coefficient (Wildman–Crippen LogP) is 6.80. The highest BCUT2D eigenvalue weighted by Gasteiger charge is 2.42. The first-order valence-corrected chi connectivity index (χ1v) is 12.6. The molecule has 0 spiro atoms. The number of aromatic nitrogens is 2. The second kappa shape index (κ2) is 9.35. The van der Waals surface area contributed by atoms with E-state index >= 15 is 0 Å². The van der Waals surface area contributed by atoms with E-state index in [0.29, 0.717) is 0 Å². The molecular weight excluding hydrogens is 504 g/mol. The van der Waals surface area contributed by atoms with Crippen LogP contribution in [0.25, 0.3) is 0 Å². The van der Waals surface area contributed by atoms with Crippen molar-refractivity contribution in [3.05, 3.63) is 117 Å². The number of hydrogen-bond acceptors (Lipinski definition) is 2. The fourth-order valence-electron chi connectivity index (χ4n) is 4.86. The van der Waals surface area contributed by atoms with E-state index in [0.717, 1.165) is 27.5 Å². The molecule has 1 saturated heterocycles. The van der Waals surface area contributed by atoms with Crippen LogP contribution in [0.4, 0.5) is 5.69 Å². The van der Waals surface area contributed by atoms with E-state index in [2.05, 4.69) is 112 Å². The summed E-state index contributed by atoms with van der Waals surface area (Å²) in [6.07, 6.45) is 1.85. The van der Waals surface area contributed by atoms with E-state index in [9.17, 15) is 0 Å². The zero-order valence-corrected chi connectivity index (χ0v) is 21.9. The van der Waals surface area contributed by atoms with Gasteiger partial charge in [-0.25, -0.2) is 0 Å². The van der Waals surface area contributed by atoms with Crippen LogP contribution in [-0.2, 0) is 6.54 Å². The van der Waals surface area contributed by atoms with Crippen molar-refractivity contribution in [1.29, 1.82) is 0 Å². The summed E-state index contributed by atoms with van der Waals surface area (Å²) in [6, 6.07) is 25.3. The molecule has 4 aromatic rings. The second-order valence-electron chi connectivity index (χ2n) is 8.83.